The van der Waals surface area contributed by atoms with Crippen LogP contribution in [0.2, 0.25) is 0 Å². The summed E-state index contributed by atoms with van der Waals surface area (Å²) in [5.41, 5.74) is 2.51. The lowest BCUT2D eigenvalue weighted by molar-refractivity contribution is 0.104. The number of ketones is 1. The van der Waals surface area contributed by atoms with Crippen LogP contribution in [0, 0.1) is 0 Å². The van der Waals surface area contributed by atoms with Crippen LogP contribution in [0.5, 0.6) is 0 Å². The minimum Gasteiger partial charge on any atom is -0.350 e. The van der Waals surface area contributed by atoms with Crippen molar-refractivity contribution in [3.63, 3.8) is 0 Å². The maximum atomic E-state index is 12.7. The van der Waals surface area contributed by atoms with E-state index in [9.17, 15) is 4.79 Å². The summed E-state index contributed by atoms with van der Waals surface area (Å²) in [6.07, 6.45) is 1.89. The Morgan fingerprint density at radius 3 is 2.63 bits per heavy atom. The Hall–Kier alpha value is -0.910. The number of carbonyl (C=O) groups is 1. The third-order valence-corrected chi connectivity index (χ3v) is 5.38. The van der Waals surface area contributed by atoms with Crippen molar-refractivity contribution in [2.75, 3.05) is 0 Å². The summed E-state index contributed by atoms with van der Waals surface area (Å²) in [6.45, 7) is 0. The van der Waals surface area contributed by atoms with Gasteiger partial charge in [-0.25, -0.2) is 0 Å². The molecule has 0 bridgehead atoms. The van der Waals surface area contributed by atoms with E-state index in [0.717, 1.165) is 24.0 Å². The van der Waals surface area contributed by atoms with E-state index in [4.69, 9.17) is 0 Å². The van der Waals surface area contributed by atoms with Crippen LogP contribution in [0.15, 0.2) is 44.1 Å². The van der Waals surface area contributed by atoms with Gasteiger partial charge in [-0.2, -0.15) is 0 Å². The molecule has 0 fully saturated rings. The van der Waals surface area contributed by atoms with Crippen molar-refractivity contribution in [1.29, 1.82) is 0 Å². The average molecular weight is 399 g/mol. The van der Waals surface area contributed by atoms with Gasteiger partial charge in [0.05, 0.1) is 7.57 Å². The molecule has 2 nitrogen and oxygen atoms in total. The average Bonchev–Trinajstić information content (AvgIpc) is 2.90. The summed E-state index contributed by atoms with van der Waals surface area (Å²) in [5, 5.41) is 0.990. The number of carbonyl (C=O) groups excluding carboxylic acids is 1. The van der Waals surface area contributed by atoms with Gasteiger partial charge in [0.25, 0.3) is 0 Å². The first-order valence-electron chi connectivity index (χ1n) is 5.61. The van der Waals surface area contributed by atoms with Crippen molar-refractivity contribution in [3.05, 3.63) is 55.2 Å². The second-order valence-electron chi connectivity index (χ2n) is 4.24. The fraction of sp³-hybridized carbons (Fsp3) is 0.0714. The molecule has 1 aromatic carbocycles. The molecule has 0 aliphatic rings. The SMILES string of the molecule is Cn1cc(C(=O)c2cc(Br)sc2Br)c2ccccc21. The molecule has 0 amide bonds. The Morgan fingerprint density at radius 1 is 1.21 bits per heavy atom. The molecule has 3 aromatic rings. The first-order chi connectivity index (χ1) is 9.08. The van der Waals surface area contributed by atoms with Gasteiger partial charge in [-0.05, 0) is 44.0 Å². The number of para-hydroxylation sites is 1. The molecule has 0 aliphatic carbocycles. The minimum atomic E-state index is 0.0469. The number of hydrogen-bond acceptors (Lipinski definition) is 2. The quantitative estimate of drug-likeness (QED) is 0.557. The van der Waals surface area contributed by atoms with Gasteiger partial charge in [-0.15, -0.1) is 11.3 Å². The van der Waals surface area contributed by atoms with Gasteiger partial charge in [0.1, 0.15) is 0 Å². The topological polar surface area (TPSA) is 22.0 Å². The number of benzene rings is 1. The Labute approximate surface area is 131 Å². The van der Waals surface area contributed by atoms with Crippen LogP contribution in [0.1, 0.15) is 15.9 Å². The highest BCUT2D eigenvalue weighted by Gasteiger charge is 2.19. The number of hydrogen-bond donors (Lipinski definition) is 0. The van der Waals surface area contributed by atoms with Crippen LogP contribution in [0.25, 0.3) is 10.9 Å². The number of thiophene rings is 1. The molecular weight excluding hydrogens is 390 g/mol. The molecule has 5 heteroatoms. The summed E-state index contributed by atoms with van der Waals surface area (Å²) in [6, 6.07) is 9.80. The zero-order valence-electron chi connectivity index (χ0n) is 9.98. The molecule has 0 unspecified atom stereocenters. The van der Waals surface area contributed by atoms with Crippen molar-refractivity contribution in [2.24, 2.45) is 7.05 Å². The number of halogens is 2. The first kappa shape index (κ1) is 13.1. The van der Waals surface area contributed by atoms with Crippen LogP contribution in [-0.4, -0.2) is 10.4 Å². The van der Waals surface area contributed by atoms with Gasteiger partial charge in [0.15, 0.2) is 5.78 Å². The molecule has 0 radical (unpaired) electrons. The van der Waals surface area contributed by atoms with Gasteiger partial charge < -0.3 is 4.57 Å². The Morgan fingerprint density at radius 2 is 1.95 bits per heavy atom. The smallest absolute Gasteiger partial charge is 0.197 e. The van der Waals surface area contributed by atoms with E-state index in [1.807, 2.05) is 48.1 Å². The molecule has 3 rings (SSSR count). The van der Waals surface area contributed by atoms with E-state index in [1.165, 1.54) is 11.3 Å². The molecule has 96 valence electrons. The predicted molar refractivity (Wildman–Crippen MR) is 86.1 cm³/mol. The lowest BCUT2D eigenvalue weighted by Crippen LogP contribution is -1.99. The highest BCUT2D eigenvalue weighted by Crippen LogP contribution is 2.34. The molecule has 19 heavy (non-hydrogen) atoms. The standard InChI is InChI=1S/C14H9Br2NOS/c1-17-7-10(8-4-2-3-5-11(8)17)13(18)9-6-12(15)19-14(9)16/h2-7H,1H3. The summed E-state index contributed by atoms with van der Waals surface area (Å²) in [7, 11) is 1.96. The normalized spacial score (nSPS) is 11.1. The van der Waals surface area contributed by atoms with Crippen LogP contribution in [0.3, 0.4) is 0 Å². The number of fused-ring (bicyclic) bond motifs is 1. The maximum Gasteiger partial charge on any atom is 0.197 e. The fourth-order valence-corrected chi connectivity index (χ4v) is 4.96. The third-order valence-electron chi connectivity index (χ3n) is 3.04. The van der Waals surface area contributed by atoms with E-state index in [1.54, 1.807) is 0 Å². The molecule has 0 atom stereocenters. The molecule has 0 saturated carbocycles. The van der Waals surface area contributed by atoms with Gasteiger partial charge in [0.2, 0.25) is 0 Å². The molecule has 0 aliphatic heterocycles. The number of nitrogens with zero attached hydrogens (tertiary/aromatic N) is 1. The van der Waals surface area contributed by atoms with Crippen LogP contribution in [0.4, 0.5) is 0 Å². The van der Waals surface area contributed by atoms with Gasteiger partial charge in [-0.3, -0.25) is 4.79 Å². The zero-order valence-corrected chi connectivity index (χ0v) is 14.0. The lowest BCUT2D eigenvalue weighted by atomic mass is 10.1. The van der Waals surface area contributed by atoms with Crippen molar-refractivity contribution >= 4 is 59.9 Å². The number of aromatic nitrogens is 1. The van der Waals surface area contributed by atoms with Crippen LogP contribution >= 0.6 is 43.2 Å². The second-order valence-corrected chi connectivity index (χ2v) is 7.99. The highest BCUT2D eigenvalue weighted by atomic mass is 79.9. The van der Waals surface area contributed by atoms with E-state index in [0.29, 0.717) is 5.56 Å². The summed E-state index contributed by atoms with van der Waals surface area (Å²) in [5.74, 6) is 0.0469. The van der Waals surface area contributed by atoms with Crippen molar-refractivity contribution < 1.29 is 4.79 Å². The number of rotatable bonds is 2. The molecule has 2 aromatic heterocycles. The molecule has 0 spiro atoms. The van der Waals surface area contributed by atoms with Gasteiger partial charge in [0, 0.05) is 35.3 Å². The summed E-state index contributed by atoms with van der Waals surface area (Å²) >= 11 is 8.37. The lowest BCUT2D eigenvalue weighted by Gasteiger charge is -1.97. The Balaban J connectivity index is 2.20. The van der Waals surface area contributed by atoms with Crippen LogP contribution in [-0.2, 0) is 7.05 Å². The zero-order chi connectivity index (χ0) is 13.6. The first-order valence-corrected chi connectivity index (χ1v) is 8.02. The Kier molecular flexibility index (Phi) is 3.37. The van der Waals surface area contributed by atoms with E-state index >= 15 is 0 Å². The minimum absolute atomic E-state index is 0.0469. The van der Waals surface area contributed by atoms with Crippen molar-refractivity contribution in [3.8, 4) is 0 Å². The monoisotopic (exact) mass is 397 g/mol. The summed E-state index contributed by atoms with van der Waals surface area (Å²) < 4.78 is 3.79. The van der Waals surface area contributed by atoms with Gasteiger partial charge in [-0.1, -0.05) is 18.2 Å². The van der Waals surface area contributed by atoms with Crippen LogP contribution < -0.4 is 0 Å². The predicted octanol–water partition coefficient (Wildman–Crippen LogP) is 5.00. The third kappa shape index (κ3) is 2.20. The molecule has 0 saturated heterocycles. The maximum absolute atomic E-state index is 12.7. The molecular formula is C14H9Br2NOS. The fourth-order valence-electron chi connectivity index (χ4n) is 2.16. The molecule has 0 N–H and O–H groups in total. The van der Waals surface area contributed by atoms with Crippen molar-refractivity contribution in [1.82, 2.24) is 4.57 Å². The van der Waals surface area contributed by atoms with E-state index in [2.05, 4.69) is 31.9 Å². The second kappa shape index (κ2) is 4.89. The largest absolute Gasteiger partial charge is 0.350 e. The van der Waals surface area contributed by atoms with E-state index < -0.39 is 0 Å². The summed E-state index contributed by atoms with van der Waals surface area (Å²) in [4.78, 5) is 12.7. The van der Waals surface area contributed by atoms with Gasteiger partial charge >= 0.3 is 0 Å². The number of aryl methyl sites for hydroxylation is 1. The van der Waals surface area contributed by atoms with E-state index in [-0.39, 0.29) is 5.78 Å². The highest BCUT2D eigenvalue weighted by molar-refractivity contribution is 9.12. The molecule has 2 heterocycles. The Bertz CT molecular complexity index is 788. The van der Waals surface area contributed by atoms with Crippen molar-refractivity contribution in [2.45, 2.75) is 0 Å².